The number of rotatable bonds is 4. The molecule has 1 N–H and O–H groups in total. The lowest BCUT2D eigenvalue weighted by Gasteiger charge is -2.09. The number of thiazole rings is 1. The van der Waals surface area contributed by atoms with Crippen LogP contribution in [0, 0.1) is 12.7 Å². The number of hydrogen-bond acceptors (Lipinski definition) is 3. The van der Waals surface area contributed by atoms with Crippen molar-refractivity contribution in [1.29, 1.82) is 0 Å². The number of nitrogens with zero attached hydrogens (tertiary/aromatic N) is 1. The van der Waals surface area contributed by atoms with Crippen molar-refractivity contribution in [3.05, 3.63) is 95.1 Å². The lowest BCUT2D eigenvalue weighted by atomic mass is 9.99. The fourth-order valence-electron chi connectivity index (χ4n) is 3.04. The van der Waals surface area contributed by atoms with Crippen molar-refractivity contribution in [2.45, 2.75) is 6.92 Å². The van der Waals surface area contributed by atoms with E-state index in [1.165, 1.54) is 23.5 Å². The van der Waals surface area contributed by atoms with Crippen molar-refractivity contribution in [1.82, 2.24) is 4.98 Å². The van der Waals surface area contributed by atoms with Crippen LogP contribution in [0.3, 0.4) is 0 Å². The second-order valence-corrected chi connectivity index (χ2v) is 7.50. The SMILES string of the molecule is Cc1sc(NC(=O)c2ccccc2-c2ccccc2)nc1-c1ccc(F)cc1. The Kier molecular flexibility index (Phi) is 5.00. The molecule has 0 atom stereocenters. The molecule has 0 saturated carbocycles. The second kappa shape index (κ2) is 7.74. The average molecular weight is 388 g/mol. The van der Waals surface area contributed by atoms with E-state index in [-0.39, 0.29) is 11.7 Å². The van der Waals surface area contributed by atoms with Gasteiger partial charge < -0.3 is 0 Å². The third kappa shape index (κ3) is 3.70. The number of amides is 1. The van der Waals surface area contributed by atoms with Crippen LogP contribution in [-0.2, 0) is 0 Å². The predicted molar refractivity (Wildman–Crippen MR) is 112 cm³/mol. The van der Waals surface area contributed by atoms with Crippen LogP contribution in [0.25, 0.3) is 22.4 Å². The van der Waals surface area contributed by atoms with Crippen LogP contribution < -0.4 is 5.32 Å². The van der Waals surface area contributed by atoms with Gasteiger partial charge in [-0.2, -0.15) is 0 Å². The van der Waals surface area contributed by atoms with Gasteiger partial charge in [0.1, 0.15) is 5.82 Å². The molecule has 0 aliphatic carbocycles. The minimum atomic E-state index is -0.289. The molecule has 4 rings (SSSR count). The number of halogens is 1. The molecule has 4 aromatic rings. The summed E-state index contributed by atoms with van der Waals surface area (Å²) in [4.78, 5) is 18.4. The van der Waals surface area contributed by atoms with Gasteiger partial charge in [0, 0.05) is 16.0 Å². The Hall–Kier alpha value is -3.31. The zero-order chi connectivity index (χ0) is 19.5. The van der Waals surface area contributed by atoms with E-state index in [4.69, 9.17) is 0 Å². The minimum absolute atomic E-state index is 0.209. The van der Waals surface area contributed by atoms with Gasteiger partial charge in [0.15, 0.2) is 5.13 Å². The number of aryl methyl sites for hydroxylation is 1. The van der Waals surface area contributed by atoms with Gasteiger partial charge in [-0.1, -0.05) is 48.5 Å². The summed E-state index contributed by atoms with van der Waals surface area (Å²) < 4.78 is 13.2. The van der Waals surface area contributed by atoms with E-state index in [1.54, 1.807) is 18.2 Å². The monoisotopic (exact) mass is 388 g/mol. The van der Waals surface area contributed by atoms with E-state index in [0.717, 1.165) is 27.3 Å². The van der Waals surface area contributed by atoms with E-state index in [9.17, 15) is 9.18 Å². The van der Waals surface area contributed by atoms with Crippen molar-refractivity contribution in [3.8, 4) is 22.4 Å². The average Bonchev–Trinajstić information content (AvgIpc) is 3.09. The molecule has 1 heterocycles. The van der Waals surface area contributed by atoms with Crippen LogP contribution in [0.1, 0.15) is 15.2 Å². The molecule has 28 heavy (non-hydrogen) atoms. The Labute approximate surface area is 166 Å². The summed E-state index contributed by atoms with van der Waals surface area (Å²) in [5, 5.41) is 3.42. The molecule has 0 radical (unpaired) electrons. The molecule has 0 saturated heterocycles. The molecule has 0 spiro atoms. The smallest absolute Gasteiger partial charge is 0.258 e. The lowest BCUT2D eigenvalue weighted by molar-refractivity contribution is 0.102. The first kappa shape index (κ1) is 18.1. The van der Waals surface area contributed by atoms with Crippen LogP contribution in [0.5, 0.6) is 0 Å². The highest BCUT2D eigenvalue weighted by Gasteiger charge is 2.16. The summed E-state index contributed by atoms with van der Waals surface area (Å²) in [6.07, 6.45) is 0. The molecule has 0 unspecified atom stereocenters. The number of aromatic nitrogens is 1. The lowest BCUT2D eigenvalue weighted by Crippen LogP contribution is -2.13. The molecule has 1 amide bonds. The molecule has 0 aliphatic rings. The second-order valence-electron chi connectivity index (χ2n) is 6.30. The number of nitrogens with one attached hydrogen (secondary N) is 1. The van der Waals surface area contributed by atoms with Crippen molar-refractivity contribution >= 4 is 22.4 Å². The van der Waals surface area contributed by atoms with Crippen molar-refractivity contribution in [2.24, 2.45) is 0 Å². The molecule has 3 nitrogen and oxygen atoms in total. The van der Waals surface area contributed by atoms with Gasteiger partial charge in [0.25, 0.3) is 5.91 Å². The standard InChI is InChI=1S/C23H17FN2OS/c1-15-21(17-11-13-18(24)14-12-17)25-23(28-15)26-22(27)20-10-6-5-9-19(20)16-7-3-2-4-8-16/h2-14H,1H3,(H,25,26,27). The Balaban J connectivity index is 1.62. The zero-order valence-electron chi connectivity index (χ0n) is 15.1. The van der Waals surface area contributed by atoms with Gasteiger partial charge in [-0.3, -0.25) is 10.1 Å². The van der Waals surface area contributed by atoms with E-state index in [0.29, 0.717) is 10.7 Å². The maximum Gasteiger partial charge on any atom is 0.258 e. The fraction of sp³-hybridized carbons (Fsp3) is 0.0435. The maximum atomic E-state index is 13.2. The molecular formula is C23H17FN2OS. The van der Waals surface area contributed by atoms with Crippen LogP contribution in [0.4, 0.5) is 9.52 Å². The van der Waals surface area contributed by atoms with E-state index >= 15 is 0 Å². The van der Waals surface area contributed by atoms with Crippen molar-refractivity contribution < 1.29 is 9.18 Å². The summed E-state index contributed by atoms with van der Waals surface area (Å²) in [7, 11) is 0. The molecular weight excluding hydrogens is 371 g/mol. The molecule has 138 valence electrons. The number of anilines is 1. The Morgan fingerprint density at radius 2 is 1.57 bits per heavy atom. The minimum Gasteiger partial charge on any atom is -0.298 e. The third-order valence-electron chi connectivity index (χ3n) is 4.39. The Morgan fingerprint density at radius 3 is 2.32 bits per heavy atom. The first-order valence-corrected chi connectivity index (χ1v) is 9.62. The highest BCUT2D eigenvalue weighted by atomic mass is 32.1. The zero-order valence-corrected chi connectivity index (χ0v) is 16.0. The summed E-state index contributed by atoms with van der Waals surface area (Å²) in [6, 6.07) is 23.5. The molecule has 0 fully saturated rings. The third-order valence-corrected chi connectivity index (χ3v) is 5.28. The highest BCUT2D eigenvalue weighted by Crippen LogP contribution is 2.31. The molecule has 0 aliphatic heterocycles. The summed E-state index contributed by atoms with van der Waals surface area (Å²) in [5.41, 5.74) is 4.00. The summed E-state index contributed by atoms with van der Waals surface area (Å²) in [5.74, 6) is -0.499. The van der Waals surface area contributed by atoms with Gasteiger partial charge in [0.2, 0.25) is 0 Å². The van der Waals surface area contributed by atoms with Crippen LogP contribution in [-0.4, -0.2) is 10.9 Å². The molecule has 0 bridgehead atoms. The van der Waals surface area contributed by atoms with Crippen LogP contribution in [0.15, 0.2) is 78.9 Å². The number of carbonyl (C=O) groups is 1. The number of benzene rings is 3. The van der Waals surface area contributed by atoms with Gasteiger partial charge in [-0.05, 0) is 48.4 Å². The van der Waals surface area contributed by atoms with Crippen molar-refractivity contribution in [2.75, 3.05) is 5.32 Å². The van der Waals surface area contributed by atoms with Crippen LogP contribution >= 0.6 is 11.3 Å². The van der Waals surface area contributed by atoms with E-state index < -0.39 is 0 Å². The van der Waals surface area contributed by atoms with Crippen molar-refractivity contribution in [3.63, 3.8) is 0 Å². The number of hydrogen-bond donors (Lipinski definition) is 1. The fourth-order valence-corrected chi connectivity index (χ4v) is 3.87. The summed E-state index contributed by atoms with van der Waals surface area (Å²) in [6.45, 7) is 1.93. The maximum absolute atomic E-state index is 13.2. The quantitative estimate of drug-likeness (QED) is 0.454. The molecule has 1 aromatic heterocycles. The van der Waals surface area contributed by atoms with Gasteiger partial charge >= 0.3 is 0 Å². The van der Waals surface area contributed by atoms with Gasteiger partial charge in [0.05, 0.1) is 5.69 Å². The topological polar surface area (TPSA) is 42.0 Å². The van der Waals surface area contributed by atoms with E-state index in [2.05, 4.69) is 10.3 Å². The Bertz CT molecular complexity index is 1120. The van der Waals surface area contributed by atoms with Gasteiger partial charge in [-0.15, -0.1) is 11.3 Å². The molecule has 3 aromatic carbocycles. The van der Waals surface area contributed by atoms with Gasteiger partial charge in [-0.25, -0.2) is 9.37 Å². The number of carbonyl (C=O) groups excluding carboxylic acids is 1. The first-order valence-electron chi connectivity index (χ1n) is 8.81. The summed E-state index contributed by atoms with van der Waals surface area (Å²) >= 11 is 1.40. The first-order chi connectivity index (χ1) is 13.6. The largest absolute Gasteiger partial charge is 0.298 e. The molecule has 5 heteroatoms. The van der Waals surface area contributed by atoms with E-state index in [1.807, 2.05) is 55.5 Å². The predicted octanol–water partition coefficient (Wildman–Crippen LogP) is 6.18. The highest BCUT2D eigenvalue weighted by molar-refractivity contribution is 7.16. The van der Waals surface area contributed by atoms with Crippen LogP contribution in [0.2, 0.25) is 0 Å². The normalized spacial score (nSPS) is 10.6. The Morgan fingerprint density at radius 1 is 0.893 bits per heavy atom.